The van der Waals surface area contributed by atoms with E-state index in [-0.39, 0.29) is 11.9 Å². The average molecular weight is 289 g/mol. The van der Waals surface area contributed by atoms with Crippen molar-refractivity contribution in [3.8, 4) is 0 Å². The van der Waals surface area contributed by atoms with Crippen LogP contribution in [0.5, 0.6) is 0 Å². The van der Waals surface area contributed by atoms with Gasteiger partial charge in [-0.3, -0.25) is 0 Å². The van der Waals surface area contributed by atoms with Crippen LogP contribution < -0.4 is 5.32 Å². The van der Waals surface area contributed by atoms with Crippen LogP contribution in [-0.4, -0.2) is 7.05 Å². The quantitative estimate of drug-likeness (QED) is 0.872. The fourth-order valence-electron chi connectivity index (χ4n) is 3.41. The maximum Gasteiger partial charge on any atom is 0.123 e. The van der Waals surface area contributed by atoms with Crippen LogP contribution in [0, 0.1) is 12.7 Å². The van der Waals surface area contributed by atoms with Crippen LogP contribution >= 0.6 is 11.3 Å². The minimum Gasteiger partial charge on any atom is -0.312 e. The van der Waals surface area contributed by atoms with E-state index in [4.69, 9.17) is 0 Å². The molecule has 0 bridgehead atoms. The van der Waals surface area contributed by atoms with Crippen LogP contribution in [0.15, 0.2) is 29.6 Å². The third-order valence-corrected chi connectivity index (χ3v) is 5.23. The summed E-state index contributed by atoms with van der Waals surface area (Å²) < 4.78 is 13.7. The molecule has 1 aliphatic rings. The van der Waals surface area contributed by atoms with E-state index >= 15 is 0 Å². The highest BCUT2D eigenvalue weighted by molar-refractivity contribution is 7.10. The maximum absolute atomic E-state index is 13.7. The summed E-state index contributed by atoms with van der Waals surface area (Å²) in [5, 5.41) is 5.60. The van der Waals surface area contributed by atoms with Gasteiger partial charge in [0.25, 0.3) is 0 Å². The van der Waals surface area contributed by atoms with Crippen LogP contribution in [0.25, 0.3) is 0 Å². The average Bonchev–Trinajstić information content (AvgIpc) is 2.87. The number of halogens is 1. The summed E-state index contributed by atoms with van der Waals surface area (Å²) >= 11 is 1.86. The van der Waals surface area contributed by atoms with E-state index in [0.717, 1.165) is 11.1 Å². The number of hydrogen-bond acceptors (Lipinski definition) is 2. The van der Waals surface area contributed by atoms with E-state index in [0.29, 0.717) is 5.92 Å². The second kappa shape index (κ2) is 5.66. The summed E-state index contributed by atoms with van der Waals surface area (Å²) in [5.41, 5.74) is 3.51. The Labute approximate surface area is 123 Å². The van der Waals surface area contributed by atoms with Crippen molar-refractivity contribution < 1.29 is 4.39 Å². The molecule has 1 aromatic carbocycles. The molecule has 2 aromatic rings. The first kappa shape index (κ1) is 13.8. The van der Waals surface area contributed by atoms with E-state index in [1.807, 2.05) is 25.3 Å². The van der Waals surface area contributed by atoms with Gasteiger partial charge in [0.05, 0.1) is 0 Å². The maximum atomic E-state index is 13.7. The van der Waals surface area contributed by atoms with Gasteiger partial charge in [-0.25, -0.2) is 4.39 Å². The van der Waals surface area contributed by atoms with Crippen molar-refractivity contribution in [3.63, 3.8) is 0 Å². The molecule has 0 amide bonds. The second-order valence-corrected chi connectivity index (χ2v) is 6.63. The number of thiophene rings is 1. The molecule has 2 atom stereocenters. The Morgan fingerprint density at radius 1 is 1.35 bits per heavy atom. The van der Waals surface area contributed by atoms with Gasteiger partial charge in [0.15, 0.2) is 0 Å². The van der Waals surface area contributed by atoms with Crippen molar-refractivity contribution in [2.75, 3.05) is 7.05 Å². The Balaban J connectivity index is 1.99. The zero-order valence-corrected chi connectivity index (χ0v) is 12.8. The Morgan fingerprint density at radius 3 is 2.95 bits per heavy atom. The predicted molar refractivity (Wildman–Crippen MR) is 82.9 cm³/mol. The first-order valence-corrected chi connectivity index (χ1v) is 8.07. The van der Waals surface area contributed by atoms with Crippen LogP contribution in [0.1, 0.15) is 46.4 Å². The fourth-order valence-corrected chi connectivity index (χ4v) is 4.41. The SMILES string of the molecule is CNC(c1cc(C)cc(F)c1)C1CCCc2sccc21. The molecule has 0 radical (unpaired) electrons. The molecule has 3 heteroatoms. The van der Waals surface area contributed by atoms with Crippen molar-refractivity contribution in [1.29, 1.82) is 0 Å². The molecule has 3 rings (SSSR count). The Kier molecular flexibility index (Phi) is 3.90. The highest BCUT2D eigenvalue weighted by Gasteiger charge is 2.29. The monoisotopic (exact) mass is 289 g/mol. The molecular weight excluding hydrogens is 269 g/mol. The summed E-state index contributed by atoms with van der Waals surface area (Å²) in [6.07, 6.45) is 3.59. The standard InChI is InChI=1S/C17H20FNS/c1-11-8-12(10-13(18)9-11)17(19-2)15-4-3-5-16-14(15)6-7-20-16/h6-10,15,17,19H,3-5H2,1-2H3. The Hall–Kier alpha value is -1.19. The lowest BCUT2D eigenvalue weighted by molar-refractivity contribution is 0.426. The summed E-state index contributed by atoms with van der Waals surface area (Å²) in [6.45, 7) is 1.95. The normalized spacial score (nSPS) is 19.6. The van der Waals surface area contributed by atoms with Crippen LogP contribution in [0.3, 0.4) is 0 Å². The lowest BCUT2D eigenvalue weighted by Gasteiger charge is -2.31. The summed E-state index contributed by atoms with van der Waals surface area (Å²) in [7, 11) is 1.98. The van der Waals surface area contributed by atoms with E-state index in [1.54, 1.807) is 12.1 Å². The number of likely N-dealkylation sites (N-methyl/N-ethyl adjacent to an activating group) is 1. The second-order valence-electron chi connectivity index (χ2n) is 5.63. The molecule has 1 aliphatic carbocycles. The lowest BCUT2D eigenvalue weighted by atomic mass is 9.79. The van der Waals surface area contributed by atoms with Crippen molar-refractivity contribution in [1.82, 2.24) is 5.32 Å². The topological polar surface area (TPSA) is 12.0 Å². The molecule has 20 heavy (non-hydrogen) atoms. The minimum atomic E-state index is -0.137. The summed E-state index contributed by atoms with van der Waals surface area (Å²) in [6, 6.07) is 7.81. The largest absolute Gasteiger partial charge is 0.312 e. The smallest absolute Gasteiger partial charge is 0.123 e. The van der Waals surface area contributed by atoms with Crippen molar-refractivity contribution in [2.24, 2.45) is 0 Å². The molecule has 1 aromatic heterocycles. The number of fused-ring (bicyclic) bond motifs is 1. The van der Waals surface area contributed by atoms with Crippen molar-refractivity contribution >= 4 is 11.3 Å². The van der Waals surface area contributed by atoms with Gasteiger partial charge in [-0.1, -0.05) is 6.07 Å². The predicted octanol–water partition coefficient (Wildman–Crippen LogP) is 4.58. The molecular formula is C17H20FNS. The van der Waals surface area contributed by atoms with E-state index in [9.17, 15) is 4.39 Å². The van der Waals surface area contributed by atoms with Gasteiger partial charge in [0.2, 0.25) is 0 Å². The molecule has 2 unspecified atom stereocenters. The summed E-state index contributed by atoms with van der Waals surface area (Å²) in [4.78, 5) is 1.51. The zero-order chi connectivity index (χ0) is 14.1. The van der Waals surface area contributed by atoms with Gasteiger partial charge in [-0.05, 0) is 73.5 Å². The van der Waals surface area contributed by atoms with Gasteiger partial charge in [0.1, 0.15) is 5.82 Å². The molecule has 0 saturated carbocycles. The fraction of sp³-hybridized carbons (Fsp3) is 0.412. The number of hydrogen-bond donors (Lipinski definition) is 1. The van der Waals surface area contributed by atoms with Crippen molar-refractivity contribution in [3.05, 3.63) is 57.0 Å². The number of nitrogens with one attached hydrogen (secondary N) is 1. The highest BCUT2D eigenvalue weighted by Crippen LogP contribution is 2.42. The van der Waals surface area contributed by atoms with Gasteiger partial charge in [-0.15, -0.1) is 11.3 Å². The van der Waals surface area contributed by atoms with Crippen LogP contribution in [0.4, 0.5) is 4.39 Å². The lowest BCUT2D eigenvalue weighted by Crippen LogP contribution is -2.26. The van der Waals surface area contributed by atoms with Gasteiger partial charge in [0, 0.05) is 16.8 Å². The highest BCUT2D eigenvalue weighted by atomic mass is 32.1. The molecule has 0 saturated heterocycles. The van der Waals surface area contributed by atoms with Gasteiger partial charge >= 0.3 is 0 Å². The Bertz CT molecular complexity index is 585. The number of benzene rings is 1. The molecule has 0 spiro atoms. The van der Waals surface area contributed by atoms with Gasteiger partial charge < -0.3 is 5.32 Å². The van der Waals surface area contributed by atoms with E-state index in [1.165, 1.54) is 29.7 Å². The van der Waals surface area contributed by atoms with Gasteiger partial charge in [-0.2, -0.15) is 0 Å². The van der Waals surface area contributed by atoms with Crippen molar-refractivity contribution in [2.45, 2.75) is 38.1 Å². The third-order valence-electron chi connectivity index (χ3n) is 4.24. The molecule has 0 fully saturated rings. The number of aryl methyl sites for hydroxylation is 2. The van der Waals surface area contributed by atoms with Crippen LogP contribution in [0.2, 0.25) is 0 Å². The molecule has 1 heterocycles. The minimum absolute atomic E-state index is 0.137. The molecule has 1 N–H and O–H groups in total. The first-order valence-electron chi connectivity index (χ1n) is 7.19. The molecule has 106 valence electrons. The van der Waals surface area contributed by atoms with E-state index in [2.05, 4.69) is 22.8 Å². The Morgan fingerprint density at radius 2 is 2.20 bits per heavy atom. The molecule has 0 aliphatic heterocycles. The number of rotatable bonds is 3. The zero-order valence-electron chi connectivity index (χ0n) is 11.9. The summed E-state index contributed by atoms with van der Waals surface area (Å²) in [5.74, 6) is 0.317. The molecule has 1 nitrogen and oxygen atoms in total. The third kappa shape index (κ3) is 2.52. The first-order chi connectivity index (χ1) is 9.69. The van der Waals surface area contributed by atoms with E-state index < -0.39 is 0 Å². The van der Waals surface area contributed by atoms with Crippen LogP contribution in [-0.2, 0) is 6.42 Å².